The van der Waals surface area contributed by atoms with Gasteiger partial charge in [-0.1, -0.05) is 12.1 Å². The van der Waals surface area contributed by atoms with Crippen LogP contribution in [0.25, 0.3) is 0 Å². The topological polar surface area (TPSA) is 38.0 Å². The molecule has 1 saturated carbocycles. The van der Waals surface area contributed by atoms with Crippen LogP contribution in [0.4, 0.5) is 13.2 Å². The summed E-state index contributed by atoms with van der Waals surface area (Å²) in [4.78, 5) is 0. The first kappa shape index (κ1) is 12.4. The number of nitrogens with two attached hydrogens (primary N) is 1. The van der Waals surface area contributed by atoms with E-state index in [1.165, 1.54) is 25.0 Å². The van der Waals surface area contributed by atoms with Crippen LogP contribution in [0.15, 0.2) is 24.3 Å². The van der Waals surface area contributed by atoms with Gasteiger partial charge in [-0.15, -0.1) is 0 Å². The SMILES string of the molecule is NC(CNC1CC1)c1ccc(C(F)(F)F)cc1. The molecule has 17 heavy (non-hydrogen) atoms. The molecular formula is C12H15F3N2. The molecule has 1 aliphatic rings. The molecule has 2 nitrogen and oxygen atoms in total. The van der Waals surface area contributed by atoms with Crippen molar-refractivity contribution >= 4 is 0 Å². The predicted octanol–water partition coefficient (Wildman–Crippen LogP) is 2.46. The van der Waals surface area contributed by atoms with Crippen molar-refractivity contribution < 1.29 is 13.2 Å². The predicted molar refractivity (Wildman–Crippen MR) is 59.4 cm³/mol. The van der Waals surface area contributed by atoms with Crippen molar-refractivity contribution in [1.29, 1.82) is 0 Å². The number of alkyl halides is 3. The summed E-state index contributed by atoms with van der Waals surface area (Å²) >= 11 is 0. The minimum absolute atomic E-state index is 0.252. The Morgan fingerprint density at radius 3 is 2.29 bits per heavy atom. The van der Waals surface area contributed by atoms with Crippen LogP contribution in [0, 0.1) is 0 Å². The van der Waals surface area contributed by atoms with Crippen molar-refractivity contribution in [1.82, 2.24) is 5.32 Å². The van der Waals surface area contributed by atoms with E-state index in [2.05, 4.69) is 5.32 Å². The van der Waals surface area contributed by atoms with Gasteiger partial charge in [-0.2, -0.15) is 13.2 Å². The third-order valence-corrected chi connectivity index (χ3v) is 2.87. The summed E-state index contributed by atoms with van der Waals surface area (Å²) in [5, 5.41) is 3.25. The normalized spacial score (nSPS) is 18.1. The fraction of sp³-hybridized carbons (Fsp3) is 0.500. The first-order chi connectivity index (χ1) is 7.97. The van der Waals surface area contributed by atoms with Gasteiger partial charge in [-0.05, 0) is 30.5 Å². The van der Waals surface area contributed by atoms with Crippen molar-refractivity contribution in [2.24, 2.45) is 5.73 Å². The Kier molecular flexibility index (Phi) is 3.40. The Balaban J connectivity index is 1.96. The van der Waals surface area contributed by atoms with E-state index in [1.807, 2.05) is 0 Å². The molecule has 0 aliphatic heterocycles. The molecule has 1 aromatic rings. The number of rotatable bonds is 4. The Morgan fingerprint density at radius 1 is 1.24 bits per heavy atom. The molecule has 1 atom stereocenters. The lowest BCUT2D eigenvalue weighted by Gasteiger charge is -2.14. The first-order valence-electron chi connectivity index (χ1n) is 5.63. The Hall–Kier alpha value is -1.07. The third-order valence-electron chi connectivity index (χ3n) is 2.87. The number of benzene rings is 1. The molecule has 1 aliphatic carbocycles. The van der Waals surface area contributed by atoms with Crippen LogP contribution in [0.3, 0.4) is 0 Å². The van der Waals surface area contributed by atoms with E-state index in [1.54, 1.807) is 0 Å². The van der Waals surface area contributed by atoms with Crippen LogP contribution in [0.5, 0.6) is 0 Å². The van der Waals surface area contributed by atoms with Crippen molar-refractivity contribution in [2.45, 2.75) is 31.1 Å². The van der Waals surface area contributed by atoms with Gasteiger partial charge in [-0.25, -0.2) is 0 Å². The quantitative estimate of drug-likeness (QED) is 0.853. The summed E-state index contributed by atoms with van der Waals surface area (Å²) in [6.07, 6.45) is -1.95. The Bertz CT molecular complexity index is 368. The molecule has 0 amide bonds. The van der Waals surface area contributed by atoms with E-state index in [-0.39, 0.29) is 6.04 Å². The first-order valence-corrected chi connectivity index (χ1v) is 5.63. The highest BCUT2D eigenvalue weighted by Gasteiger charge is 2.30. The zero-order chi connectivity index (χ0) is 12.5. The molecule has 3 N–H and O–H groups in total. The highest BCUT2D eigenvalue weighted by atomic mass is 19.4. The second-order valence-corrected chi connectivity index (χ2v) is 4.41. The van der Waals surface area contributed by atoms with E-state index in [4.69, 9.17) is 5.73 Å². The van der Waals surface area contributed by atoms with Crippen LogP contribution in [-0.4, -0.2) is 12.6 Å². The largest absolute Gasteiger partial charge is 0.416 e. The molecular weight excluding hydrogens is 229 g/mol. The molecule has 94 valence electrons. The average molecular weight is 244 g/mol. The van der Waals surface area contributed by atoms with Crippen molar-refractivity contribution in [3.8, 4) is 0 Å². The fourth-order valence-corrected chi connectivity index (χ4v) is 1.62. The molecule has 0 spiro atoms. The highest BCUT2D eigenvalue weighted by molar-refractivity contribution is 5.26. The number of hydrogen-bond acceptors (Lipinski definition) is 2. The van der Waals surface area contributed by atoms with Gasteiger partial charge < -0.3 is 11.1 Å². The zero-order valence-electron chi connectivity index (χ0n) is 9.30. The van der Waals surface area contributed by atoms with Gasteiger partial charge in [0, 0.05) is 18.6 Å². The van der Waals surface area contributed by atoms with Gasteiger partial charge >= 0.3 is 6.18 Å². The Morgan fingerprint density at radius 2 is 1.82 bits per heavy atom. The molecule has 1 fully saturated rings. The number of halogens is 3. The van der Waals surface area contributed by atoms with Gasteiger partial charge in [0.2, 0.25) is 0 Å². The maximum absolute atomic E-state index is 12.3. The summed E-state index contributed by atoms with van der Waals surface area (Å²) in [6.45, 7) is 0.607. The maximum atomic E-state index is 12.3. The smallest absolute Gasteiger partial charge is 0.323 e. The molecule has 0 saturated heterocycles. The van der Waals surface area contributed by atoms with Gasteiger partial charge in [-0.3, -0.25) is 0 Å². The Labute approximate surface area is 98.0 Å². The lowest BCUT2D eigenvalue weighted by Crippen LogP contribution is -2.28. The van der Waals surface area contributed by atoms with Crippen LogP contribution < -0.4 is 11.1 Å². The highest BCUT2D eigenvalue weighted by Crippen LogP contribution is 2.29. The molecule has 2 rings (SSSR count). The van der Waals surface area contributed by atoms with Gasteiger partial charge in [0.15, 0.2) is 0 Å². The maximum Gasteiger partial charge on any atom is 0.416 e. The summed E-state index contributed by atoms with van der Waals surface area (Å²) < 4.78 is 37.0. The van der Waals surface area contributed by atoms with Gasteiger partial charge in [0.1, 0.15) is 0 Å². The fourth-order valence-electron chi connectivity index (χ4n) is 1.62. The molecule has 0 heterocycles. The lowest BCUT2D eigenvalue weighted by molar-refractivity contribution is -0.137. The lowest BCUT2D eigenvalue weighted by atomic mass is 10.1. The van der Waals surface area contributed by atoms with Gasteiger partial charge in [0.05, 0.1) is 5.56 Å². The minimum atomic E-state index is -4.28. The van der Waals surface area contributed by atoms with Crippen molar-refractivity contribution in [2.75, 3.05) is 6.54 Å². The number of hydrogen-bond donors (Lipinski definition) is 2. The molecule has 1 aromatic carbocycles. The summed E-state index contributed by atoms with van der Waals surface area (Å²) in [7, 11) is 0. The summed E-state index contributed by atoms with van der Waals surface area (Å²) in [5.41, 5.74) is 5.98. The van der Waals surface area contributed by atoms with Crippen LogP contribution in [0.1, 0.15) is 30.0 Å². The second kappa shape index (κ2) is 4.66. The van der Waals surface area contributed by atoms with E-state index in [0.29, 0.717) is 12.6 Å². The summed E-state index contributed by atoms with van der Waals surface area (Å²) in [5.74, 6) is 0. The molecule has 0 radical (unpaired) electrons. The van der Waals surface area contributed by atoms with Crippen LogP contribution >= 0.6 is 0 Å². The standard InChI is InChI=1S/C12H15F3N2/c13-12(14,15)9-3-1-8(2-4-9)11(16)7-17-10-5-6-10/h1-4,10-11,17H,5-7,16H2. The zero-order valence-corrected chi connectivity index (χ0v) is 9.30. The van der Waals surface area contributed by atoms with Crippen molar-refractivity contribution in [3.05, 3.63) is 35.4 Å². The summed E-state index contributed by atoms with van der Waals surface area (Å²) in [6, 6.07) is 5.34. The van der Waals surface area contributed by atoms with E-state index in [9.17, 15) is 13.2 Å². The monoisotopic (exact) mass is 244 g/mol. The molecule has 1 unspecified atom stereocenters. The minimum Gasteiger partial charge on any atom is -0.323 e. The number of nitrogens with one attached hydrogen (secondary N) is 1. The third kappa shape index (κ3) is 3.44. The molecule has 0 bridgehead atoms. The molecule has 0 aromatic heterocycles. The van der Waals surface area contributed by atoms with E-state index in [0.717, 1.165) is 17.7 Å². The van der Waals surface area contributed by atoms with Crippen LogP contribution in [-0.2, 0) is 6.18 Å². The van der Waals surface area contributed by atoms with E-state index >= 15 is 0 Å². The van der Waals surface area contributed by atoms with E-state index < -0.39 is 11.7 Å². The average Bonchev–Trinajstić information content (AvgIpc) is 3.09. The molecule has 5 heteroatoms. The van der Waals surface area contributed by atoms with Crippen molar-refractivity contribution in [3.63, 3.8) is 0 Å². The second-order valence-electron chi connectivity index (χ2n) is 4.41. The van der Waals surface area contributed by atoms with Crippen LogP contribution in [0.2, 0.25) is 0 Å². The van der Waals surface area contributed by atoms with Gasteiger partial charge in [0.25, 0.3) is 0 Å².